The Balaban J connectivity index is 1.44. The van der Waals surface area contributed by atoms with E-state index in [-0.39, 0.29) is 61.0 Å². The summed E-state index contributed by atoms with van der Waals surface area (Å²) in [7, 11) is -2.25. The quantitative estimate of drug-likeness (QED) is 0.212. The van der Waals surface area contributed by atoms with Gasteiger partial charge in [0.2, 0.25) is 27.7 Å². The Morgan fingerprint density at radius 1 is 1.14 bits per heavy atom. The van der Waals surface area contributed by atoms with Gasteiger partial charge in [-0.3, -0.25) is 23.9 Å². The van der Waals surface area contributed by atoms with E-state index in [0.29, 0.717) is 30.9 Å². The molecule has 12 heteroatoms. The number of ether oxygens (including phenoxy) is 2. The summed E-state index contributed by atoms with van der Waals surface area (Å²) in [6, 6.07) is 6.39. The Bertz CT molecular complexity index is 1810. The first-order valence-electron chi connectivity index (χ1n) is 18.0. The normalized spacial score (nSPS) is 24.1. The van der Waals surface area contributed by atoms with Crippen LogP contribution in [0.25, 0.3) is 10.8 Å². The van der Waals surface area contributed by atoms with Crippen LogP contribution in [0, 0.1) is 28.1 Å². The number of methoxy groups -OCH3 is 1. The van der Waals surface area contributed by atoms with E-state index in [0.717, 1.165) is 17.2 Å². The summed E-state index contributed by atoms with van der Waals surface area (Å²) in [5.41, 5.74) is -2.08. The number of benzene rings is 1. The first-order valence-corrected chi connectivity index (χ1v) is 19.5. The summed E-state index contributed by atoms with van der Waals surface area (Å²) in [4.78, 5) is 61.9. The molecule has 1 aliphatic heterocycles. The number of hydrogen-bond donors (Lipinski definition) is 1. The van der Waals surface area contributed by atoms with Crippen LogP contribution in [0.3, 0.4) is 0 Å². The molecule has 278 valence electrons. The minimum atomic E-state index is -3.84. The lowest BCUT2D eigenvalue weighted by molar-refractivity contribution is -0.146. The van der Waals surface area contributed by atoms with Crippen LogP contribution in [0.1, 0.15) is 92.9 Å². The molecule has 0 spiro atoms. The summed E-state index contributed by atoms with van der Waals surface area (Å²) < 4.78 is 39.5. The molecule has 1 aromatic carbocycles. The number of Topliss-reactive ketones (excluding diaryl/α,β-unsaturated/α-hetero) is 2. The van der Waals surface area contributed by atoms with Crippen molar-refractivity contribution in [2.24, 2.45) is 28.1 Å². The third-order valence-corrected chi connectivity index (χ3v) is 12.9. The largest absolute Gasteiger partial charge is 0.497 e. The lowest BCUT2D eigenvalue weighted by atomic mass is 9.74. The number of amides is 2. The molecule has 1 N–H and O–H groups in total. The first-order chi connectivity index (χ1) is 23.8. The highest BCUT2D eigenvalue weighted by Gasteiger charge is 2.61. The fourth-order valence-corrected chi connectivity index (χ4v) is 8.55. The van der Waals surface area contributed by atoms with Crippen LogP contribution in [0.2, 0.25) is 0 Å². The van der Waals surface area contributed by atoms with Crippen LogP contribution >= 0.6 is 0 Å². The molecule has 5 rings (SSSR count). The summed E-state index contributed by atoms with van der Waals surface area (Å²) in [5.74, 6) is -1.47. The standard InChI is InChI=1S/C39H53N3O8S/c1-9-25-20-39(25,36(46)41-51(47,48)29-12-13-29)22-33(44)32-19-28(50-34-30-14-11-27(49-8)17-24(30)15-16-40-34)23-42(32)35(45)31(37(3,4)5)18-26(43)21-38(6,7)10-2/h9,11,14-17,25,28-29,31-32H,1,10,12-13,18-23H2,2-8H3,(H,41,46)/t25-,28-,31-,32+,39-/m1/s1. The van der Waals surface area contributed by atoms with Crippen LogP contribution < -0.4 is 14.2 Å². The molecule has 1 saturated heterocycles. The molecule has 3 aliphatic rings. The Morgan fingerprint density at radius 3 is 2.43 bits per heavy atom. The van der Waals surface area contributed by atoms with Crippen molar-refractivity contribution < 1.29 is 37.1 Å². The lowest BCUT2D eigenvalue weighted by Crippen LogP contribution is -2.48. The average molecular weight is 724 g/mol. The van der Waals surface area contributed by atoms with Gasteiger partial charge in [-0.05, 0) is 65.7 Å². The fraction of sp³-hybridized carbons (Fsp3) is 0.615. The number of hydrogen-bond acceptors (Lipinski definition) is 9. The maximum absolute atomic E-state index is 14.6. The zero-order valence-electron chi connectivity index (χ0n) is 31.0. The van der Waals surface area contributed by atoms with Crippen molar-refractivity contribution in [2.45, 2.75) is 110 Å². The lowest BCUT2D eigenvalue weighted by Gasteiger charge is -2.35. The second-order valence-corrected chi connectivity index (χ2v) is 18.5. The number of rotatable bonds is 16. The molecule has 3 fully saturated rings. The van der Waals surface area contributed by atoms with Gasteiger partial charge in [-0.1, -0.05) is 54.0 Å². The van der Waals surface area contributed by atoms with E-state index in [1.165, 1.54) is 4.90 Å². The minimum absolute atomic E-state index is 0.0142. The average Bonchev–Trinajstić information content (AvgIpc) is 3.99. The number of pyridine rings is 1. The molecular formula is C39H53N3O8S. The van der Waals surface area contributed by atoms with E-state index >= 15 is 0 Å². The van der Waals surface area contributed by atoms with Crippen molar-refractivity contribution in [2.75, 3.05) is 13.7 Å². The Morgan fingerprint density at radius 2 is 1.84 bits per heavy atom. The van der Waals surface area contributed by atoms with Crippen molar-refractivity contribution in [3.63, 3.8) is 0 Å². The molecule has 5 atom stereocenters. The van der Waals surface area contributed by atoms with Gasteiger partial charge in [0.15, 0.2) is 5.78 Å². The summed E-state index contributed by atoms with van der Waals surface area (Å²) in [6.07, 6.45) is 4.92. The summed E-state index contributed by atoms with van der Waals surface area (Å²) in [5, 5.41) is 0.985. The third kappa shape index (κ3) is 8.47. The van der Waals surface area contributed by atoms with Crippen LogP contribution in [-0.2, 0) is 29.2 Å². The second-order valence-electron chi connectivity index (χ2n) is 16.6. The molecule has 0 bridgehead atoms. The van der Waals surface area contributed by atoms with Crippen LogP contribution in [0.5, 0.6) is 11.6 Å². The summed E-state index contributed by atoms with van der Waals surface area (Å²) >= 11 is 0. The summed E-state index contributed by atoms with van der Waals surface area (Å²) in [6.45, 7) is 15.7. The monoisotopic (exact) mass is 723 g/mol. The van der Waals surface area contributed by atoms with Gasteiger partial charge < -0.3 is 14.4 Å². The van der Waals surface area contributed by atoms with Crippen LogP contribution in [-0.4, -0.2) is 72.7 Å². The predicted octanol–water partition coefficient (Wildman–Crippen LogP) is 5.80. The number of carbonyl (C=O) groups is 4. The molecule has 2 aliphatic carbocycles. The topological polar surface area (TPSA) is 149 Å². The van der Waals surface area contributed by atoms with Gasteiger partial charge in [-0.25, -0.2) is 13.4 Å². The molecule has 2 aromatic rings. The number of ketones is 2. The van der Waals surface area contributed by atoms with Gasteiger partial charge in [0.05, 0.1) is 30.4 Å². The number of nitrogens with one attached hydrogen (secondary N) is 1. The molecule has 2 saturated carbocycles. The highest BCUT2D eigenvalue weighted by atomic mass is 32.2. The van der Waals surface area contributed by atoms with Crippen LogP contribution in [0.4, 0.5) is 0 Å². The zero-order chi connectivity index (χ0) is 37.5. The number of nitrogens with zero attached hydrogens (tertiary/aromatic N) is 2. The maximum atomic E-state index is 14.6. The fourth-order valence-electron chi connectivity index (χ4n) is 7.17. The SMILES string of the molecule is C=C[C@@H]1C[C@]1(CC(=O)[C@@H]1C[C@@H](Oc2nccc3cc(OC)ccc23)CN1C(=O)[C@@H](CC(=O)CC(C)(C)CC)C(C)(C)C)C(=O)NS(=O)(=O)C1CC1. The molecule has 2 heterocycles. The van der Waals surface area contributed by atoms with E-state index < -0.39 is 50.1 Å². The number of fused-ring (bicyclic) bond motifs is 1. The Labute approximate surface area is 302 Å². The van der Waals surface area contributed by atoms with Crippen molar-refractivity contribution in [3.8, 4) is 11.6 Å². The maximum Gasteiger partial charge on any atom is 0.240 e. The Kier molecular flexibility index (Phi) is 10.8. The van der Waals surface area contributed by atoms with E-state index in [2.05, 4.69) is 16.3 Å². The van der Waals surface area contributed by atoms with Crippen molar-refractivity contribution in [1.82, 2.24) is 14.6 Å². The molecule has 11 nitrogen and oxygen atoms in total. The number of carbonyl (C=O) groups excluding carboxylic acids is 4. The molecule has 51 heavy (non-hydrogen) atoms. The highest BCUT2D eigenvalue weighted by Crippen LogP contribution is 2.57. The van der Waals surface area contributed by atoms with Gasteiger partial charge >= 0.3 is 0 Å². The number of aromatic nitrogens is 1. The molecule has 0 radical (unpaired) electrons. The van der Waals surface area contributed by atoms with Gasteiger partial charge in [-0.2, -0.15) is 0 Å². The van der Waals surface area contributed by atoms with E-state index in [9.17, 15) is 27.6 Å². The molecular weight excluding hydrogens is 671 g/mol. The van der Waals surface area contributed by atoms with Crippen LogP contribution in [0.15, 0.2) is 43.1 Å². The third-order valence-electron chi connectivity index (χ3n) is 11.1. The molecule has 0 unspecified atom stereocenters. The van der Waals surface area contributed by atoms with Gasteiger partial charge in [0, 0.05) is 43.2 Å². The molecule has 2 amide bonds. The first kappa shape index (κ1) is 38.4. The van der Waals surface area contributed by atoms with Gasteiger partial charge in [-0.15, -0.1) is 6.58 Å². The second kappa shape index (κ2) is 14.3. The van der Waals surface area contributed by atoms with E-state index in [1.807, 2.05) is 59.7 Å². The van der Waals surface area contributed by atoms with Crippen molar-refractivity contribution >= 4 is 44.2 Å². The minimum Gasteiger partial charge on any atom is -0.497 e. The number of allylic oxidation sites excluding steroid dienone is 1. The number of likely N-dealkylation sites (tertiary alicyclic amines) is 1. The highest BCUT2D eigenvalue weighted by molar-refractivity contribution is 7.90. The Hall–Kier alpha value is -3.80. The van der Waals surface area contributed by atoms with E-state index in [4.69, 9.17) is 9.47 Å². The predicted molar refractivity (Wildman–Crippen MR) is 195 cm³/mol. The zero-order valence-corrected chi connectivity index (χ0v) is 31.8. The van der Waals surface area contributed by atoms with E-state index in [1.54, 1.807) is 25.4 Å². The van der Waals surface area contributed by atoms with Gasteiger partial charge in [0.25, 0.3) is 0 Å². The molecule has 1 aromatic heterocycles. The number of sulfonamides is 1. The van der Waals surface area contributed by atoms with Crippen molar-refractivity contribution in [1.29, 1.82) is 0 Å². The van der Waals surface area contributed by atoms with Gasteiger partial charge in [0.1, 0.15) is 17.6 Å². The van der Waals surface area contributed by atoms with Crippen molar-refractivity contribution in [3.05, 3.63) is 43.1 Å². The smallest absolute Gasteiger partial charge is 0.240 e.